The number of hydrogen-bond acceptors (Lipinski definition) is 7. The van der Waals surface area contributed by atoms with Crippen molar-refractivity contribution in [3.05, 3.63) is 96.7 Å². The van der Waals surface area contributed by atoms with Crippen LogP contribution in [0.4, 0.5) is 15.8 Å². The number of fused-ring (bicyclic) bond motifs is 1. The Bertz CT molecular complexity index is 1750. The zero-order valence-corrected chi connectivity index (χ0v) is 25.1. The van der Waals surface area contributed by atoms with Crippen LogP contribution in [0, 0.1) is 0 Å². The van der Waals surface area contributed by atoms with Gasteiger partial charge in [-0.1, -0.05) is 60.2 Å². The Morgan fingerprint density at radius 3 is 2.50 bits per heavy atom. The highest BCUT2D eigenvalue weighted by Crippen LogP contribution is 2.40. The van der Waals surface area contributed by atoms with Gasteiger partial charge in [0.1, 0.15) is 24.6 Å². The number of anilines is 2. The number of allylic oxidation sites excluding steroid dienone is 2. The Morgan fingerprint density at radius 2 is 1.82 bits per heavy atom. The molecule has 2 N–H and O–H groups in total. The van der Waals surface area contributed by atoms with E-state index in [0.717, 1.165) is 0 Å². The summed E-state index contributed by atoms with van der Waals surface area (Å²) in [6.07, 6.45) is 9.35. The maximum atomic E-state index is 15.9. The molecule has 1 aliphatic rings. The molecule has 0 bridgehead atoms. The van der Waals surface area contributed by atoms with Crippen LogP contribution in [-0.4, -0.2) is 66.0 Å². The van der Waals surface area contributed by atoms with Crippen molar-refractivity contribution in [2.45, 2.75) is 44.5 Å². The molecule has 2 amide bonds. The van der Waals surface area contributed by atoms with Gasteiger partial charge in [-0.05, 0) is 37.6 Å². The predicted octanol–water partition coefficient (Wildman–Crippen LogP) is 5.05. The number of Topliss-reactive ketones (excluding diaryl/α,β-unsaturated/α-hetero) is 1. The van der Waals surface area contributed by atoms with Crippen LogP contribution in [0.5, 0.6) is 0 Å². The quantitative estimate of drug-likeness (QED) is 0.189. The zero-order valence-electron chi connectivity index (χ0n) is 24.4. The normalized spacial score (nSPS) is 17.8. The molecule has 0 fully saturated rings. The van der Waals surface area contributed by atoms with Crippen molar-refractivity contribution in [3.63, 3.8) is 0 Å². The molecule has 5 rings (SSSR count). The van der Waals surface area contributed by atoms with Crippen molar-refractivity contribution in [3.8, 4) is 0 Å². The van der Waals surface area contributed by atoms with Gasteiger partial charge in [0.05, 0.1) is 30.1 Å². The summed E-state index contributed by atoms with van der Waals surface area (Å²) in [5, 5.41) is 8.42. The Kier molecular flexibility index (Phi) is 8.86. The molecule has 2 aromatic heterocycles. The molecular formula is C32H31ClFN7O3. The lowest BCUT2D eigenvalue weighted by molar-refractivity contribution is -0.138. The molecule has 44 heavy (non-hydrogen) atoms. The van der Waals surface area contributed by atoms with E-state index in [2.05, 4.69) is 25.7 Å². The third-order valence-corrected chi connectivity index (χ3v) is 7.63. The lowest BCUT2D eigenvalue weighted by atomic mass is 9.91. The van der Waals surface area contributed by atoms with E-state index >= 15 is 4.39 Å². The van der Waals surface area contributed by atoms with Gasteiger partial charge in [0, 0.05) is 29.6 Å². The number of carbonyl (C=O) groups is 3. The monoisotopic (exact) mass is 615 g/mol. The maximum absolute atomic E-state index is 15.9. The molecule has 0 aliphatic heterocycles. The van der Waals surface area contributed by atoms with Crippen molar-refractivity contribution >= 4 is 57.0 Å². The van der Waals surface area contributed by atoms with E-state index in [0.29, 0.717) is 27.8 Å². The molecule has 2 aromatic carbocycles. The predicted molar refractivity (Wildman–Crippen MR) is 167 cm³/mol. The third kappa shape index (κ3) is 6.52. The lowest BCUT2D eigenvalue weighted by Crippen LogP contribution is -2.52. The van der Waals surface area contributed by atoms with E-state index in [-0.39, 0.29) is 36.2 Å². The molecule has 10 nitrogen and oxygen atoms in total. The molecule has 0 spiro atoms. The van der Waals surface area contributed by atoms with Crippen molar-refractivity contribution in [1.82, 2.24) is 30.0 Å². The molecule has 226 valence electrons. The molecule has 1 aliphatic carbocycles. The average molecular weight is 616 g/mol. The summed E-state index contributed by atoms with van der Waals surface area (Å²) >= 11 is 6.36. The van der Waals surface area contributed by atoms with Crippen LogP contribution in [0.1, 0.15) is 36.8 Å². The van der Waals surface area contributed by atoms with Gasteiger partial charge in [-0.2, -0.15) is 5.10 Å². The number of ketones is 1. The Morgan fingerprint density at radius 1 is 1.09 bits per heavy atom. The number of hydrogen-bond donors (Lipinski definition) is 2. The number of carbonyl (C=O) groups excluding carboxylic acids is 3. The standard InChI is InChI=1S/C32H31ClFN7O3/c1-20(2)40(17-29(43)38-28-11-7-10-26(32(28,33)34)22-8-5-4-6-9-22)30(44)18-41-27-13-12-23(37-24-15-35-19-36-16-24)14-25(27)31(39-41)21(3)42/h4-16,19-20,28,37H,17-18H2,1-3H3,(H,38,43). The molecule has 2 unspecified atom stereocenters. The smallest absolute Gasteiger partial charge is 0.245 e. The van der Waals surface area contributed by atoms with Gasteiger partial charge in [0.15, 0.2) is 5.78 Å². The fourth-order valence-electron chi connectivity index (χ4n) is 5.03. The molecule has 0 saturated heterocycles. The number of nitrogens with one attached hydrogen (secondary N) is 2. The van der Waals surface area contributed by atoms with Gasteiger partial charge < -0.3 is 15.5 Å². The lowest BCUT2D eigenvalue weighted by Gasteiger charge is -2.33. The summed E-state index contributed by atoms with van der Waals surface area (Å²) in [4.78, 5) is 48.5. The molecular weight excluding hydrogens is 585 g/mol. The number of rotatable bonds is 10. The van der Waals surface area contributed by atoms with Gasteiger partial charge >= 0.3 is 0 Å². The van der Waals surface area contributed by atoms with Crippen LogP contribution in [0.3, 0.4) is 0 Å². The Hall–Kier alpha value is -4.90. The third-order valence-electron chi connectivity index (χ3n) is 7.19. The summed E-state index contributed by atoms with van der Waals surface area (Å²) in [5.41, 5.74) is 2.96. The van der Waals surface area contributed by atoms with E-state index in [4.69, 9.17) is 11.6 Å². The van der Waals surface area contributed by atoms with Crippen molar-refractivity contribution in [2.24, 2.45) is 0 Å². The SMILES string of the molecule is CC(=O)c1nn(CC(=O)N(CC(=O)NC2C=CC=C(c3ccccc3)C2(F)Cl)C(C)C)c2ccc(Nc3cncnc3)cc12. The largest absolute Gasteiger partial charge is 0.353 e. The molecule has 0 radical (unpaired) electrons. The summed E-state index contributed by atoms with van der Waals surface area (Å²) in [5.74, 6) is -1.24. The highest BCUT2D eigenvalue weighted by molar-refractivity contribution is 6.30. The number of halogens is 2. The first-order valence-corrected chi connectivity index (χ1v) is 14.4. The van der Waals surface area contributed by atoms with Gasteiger partial charge in [-0.15, -0.1) is 0 Å². The van der Waals surface area contributed by atoms with E-state index in [1.807, 2.05) is 6.07 Å². The number of amides is 2. The van der Waals surface area contributed by atoms with Gasteiger partial charge in [-0.3, -0.25) is 19.1 Å². The second-order valence-electron chi connectivity index (χ2n) is 10.7. The fourth-order valence-corrected chi connectivity index (χ4v) is 5.33. The van der Waals surface area contributed by atoms with E-state index in [1.165, 1.54) is 28.9 Å². The van der Waals surface area contributed by atoms with Crippen LogP contribution in [-0.2, 0) is 16.1 Å². The van der Waals surface area contributed by atoms with Crippen molar-refractivity contribution in [1.29, 1.82) is 0 Å². The molecule has 2 heterocycles. The molecule has 4 aromatic rings. The Balaban J connectivity index is 1.31. The number of aromatic nitrogens is 4. The van der Waals surface area contributed by atoms with E-state index in [9.17, 15) is 14.4 Å². The summed E-state index contributed by atoms with van der Waals surface area (Å²) in [6, 6.07) is 12.7. The minimum absolute atomic E-state index is 0.211. The number of benzene rings is 2. The first kappa shape index (κ1) is 30.6. The maximum Gasteiger partial charge on any atom is 0.245 e. The second-order valence-corrected chi connectivity index (χ2v) is 11.2. The van der Waals surface area contributed by atoms with Crippen LogP contribution in [0.15, 0.2) is 85.5 Å². The van der Waals surface area contributed by atoms with E-state index < -0.39 is 23.0 Å². The first-order valence-electron chi connectivity index (χ1n) is 14.0. The average Bonchev–Trinajstić information content (AvgIpc) is 3.35. The molecule has 0 saturated carbocycles. The van der Waals surface area contributed by atoms with E-state index in [1.54, 1.807) is 80.9 Å². The van der Waals surface area contributed by atoms with Crippen LogP contribution in [0.25, 0.3) is 16.5 Å². The van der Waals surface area contributed by atoms with Gasteiger partial charge in [0.2, 0.25) is 16.9 Å². The van der Waals surface area contributed by atoms with Crippen molar-refractivity contribution in [2.75, 3.05) is 11.9 Å². The zero-order chi connectivity index (χ0) is 31.4. The fraction of sp³-hybridized carbons (Fsp3) is 0.250. The van der Waals surface area contributed by atoms with Crippen molar-refractivity contribution < 1.29 is 18.8 Å². The highest BCUT2D eigenvalue weighted by Gasteiger charge is 2.42. The minimum Gasteiger partial charge on any atom is -0.353 e. The highest BCUT2D eigenvalue weighted by atomic mass is 35.5. The van der Waals surface area contributed by atoms with Gasteiger partial charge in [-0.25, -0.2) is 14.4 Å². The summed E-state index contributed by atoms with van der Waals surface area (Å²) in [7, 11) is 0. The summed E-state index contributed by atoms with van der Waals surface area (Å²) in [6.45, 7) is 4.40. The molecule has 2 atom stereocenters. The van der Waals surface area contributed by atoms with Gasteiger partial charge in [0.25, 0.3) is 0 Å². The number of nitrogens with zero attached hydrogens (tertiary/aromatic N) is 5. The Labute approximate surface area is 258 Å². The second kappa shape index (κ2) is 12.8. The first-order chi connectivity index (χ1) is 21.0. The summed E-state index contributed by atoms with van der Waals surface area (Å²) < 4.78 is 17.3. The van der Waals surface area contributed by atoms with Crippen LogP contribution < -0.4 is 10.6 Å². The number of alkyl halides is 2. The topological polar surface area (TPSA) is 122 Å². The van der Waals surface area contributed by atoms with Crippen LogP contribution in [0.2, 0.25) is 0 Å². The van der Waals surface area contributed by atoms with Crippen LogP contribution >= 0.6 is 11.6 Å². The minimum atomic E-state index is -2.39. The molecule has 12 heteroatoms.